The van der Waals surface area contributed by atoms with Crippen molar-refractivity contribution in [3.05, 3.63) is 59.9 Å². The summed E-state index contributed by atoms with van der Waals surface area (Å²) in [6.45, 7) is 3.82. The first-order valence-electron chi connectivity index (χ1n) is 8.91. The van der Waals surface area contributed by atoms with Crippen LogP contribution in [0.15, 0.2) is 48.8 Å². The average Bonchev–Trinajstić information content (AvgIpc) is 2.67. The number of hydrogen-bond acceptors (Lipinski definition) is 5. The number of rotatable bonds is 5. The maximum Gasteiger partial charge on any atom is 0.410 e. The Morgan fingerprint density at radius 1 is 1.27 bits per heavy atom. The lowest BCUT2D eigenvalue weighted by Gasteiger charge is -2.35. The van der Waals surface area contributed by atoms with Gasteiger partial charge in [-0.3, -0.25) is 4.98 Å². The Bertz CT molecular complexity index is 706. The highest BCUT2D eigenvalue weighted by Crippen LogP contribution is 2.20. The molecule has 2 atom stereocenters. The maximum absolute atomic E-state index is 12.2. The van der Waals surface area contributed by atoms with Crippen LogP contribution in [-0.4, -0.2) is 46.8 Å². The van der Waals surface area contributed by atoms with Gasteiger partial charge in [-0.05, 0) is 31.0 Å². The normalized spacial score (nSPS) is 19.8. The number of ether oxygens (including phenoxy) is 1. The summed E-state index contributed by atoms with van der Waals surface area (Å²) in [5, 5.41) is 13.7. The van der Waals surface area contributed by atoms with E-state index < -0.39 is 6.10 Å². The molecule has 1 amide bonds. The fourth-order valence-electron chi connectivity index (χ4n) is 3.02. The van der Waals surface area contributed by atoms with Crippen LogP contribution in [0.3, 0.4) is 0 Å². The summed E-state index contributed by atoms with van der Waals surface area (Å²) in [6, 6.07) is 11.7. The minimum Gasteiger partial charge on any atom is -0.445 e. The fraction of sp³-hybridized carbons (Fsp3) is 0.400. The second-order valence-electron chi connectivity index (χ2n) is 6.72. The predicted octanol–water partition coefficient (Wildman–Crippen LogP) is 2.82. The lowest BCUT2D eigenvalue weighted by atomic mass is 9.94. The third-order valence-corrected chi connectivity index (χ3v) is 4.71. The third kappa shape index (κ3) is 4.95. The summed E-state index contributed by atoms with van der Waals surface area (Å²) >= 11 is 0. The Kier molecular flexibility index (Phi) is 6.07. The van der Waals surface area contributed by atoms with Crippen LogP contribution in [0.5, 0.6) is 0 Å². The molecule has 1 aromatic heterocycles. The summed E-state index contributed by atoms with van der Waals surface area (Å²) in [5.74, 6) is 0.101. The molecule has 1 saturated heterocycles. The van der Waals surface area contributed by atoms with E-state index in [2.05, 4.69) is 10.3 Å². The minimum absolute atomic E-state index is 0.101. The number of carbonyl (C=O) groups is 1. The van der Waals surface area contributed by atoms with E-state index >= 15 is 0 Å². The number of aliphatic hydroxyl groups is 1. The zero-order chi connectivity index (χ0) is 18.4. The van der Waals surface area contributed by atoms with Crippen molar-refractivity contribution in [3.63, 3.8) is 0 Å². The van der Waals surface area contributed by atoms with Crippen molar-refractivity contribution in [2.24, 2.45) is 5.92 Å². The molecule has 2 aromatic rings. The zero-order valence-corrected chi connectivity index (χ0v) is 15.0. The molecule has 2 N–H and O–H groups in total. The van der Waals surface area contributed by atoms with Gasteiger partial charge in [0.2, 0.25) is 0 Å². The van der Waals surface area contributed by atoms with Crippen molar-refractivity contribution in [2.45, 2.75) is 26.1 Å². The number of β-amino-alcohol motifs (C(OH)–C–C–N with tert-alkyl or cyclic N) is 1. The summed E-state index contributed by atoms with van der Waals surface area (Å²) in [6.07, 6.45) is 3.26. The van der Waals surface area contributed by atoms with Crippen molar-refractivity contribution < 1.29 is 14.6 Å². The average molecular weight is 355 g/mol. The van der Waals surface area contributed by atoms with E-state index in [9.17, 15) is 9.90 Å². The van der Waals surface area contributed by atoms with Crippen molar-refractivity contribution in [1.82, 2.24) is 9.88 Å². The van der Waals surface area contributed by atoms with Gasteiger partial charge in [-0.1, -0.05) is 29.8 Å². The van der Waals surface area contributed by atoms with E-state index in [4.69, 9.17) is 4.74 Å². The van der Waals surface area contributed by atoms with Crippen LogP contribution < -0.4 is 5.32 Å². The number of nitrogens with zero attached hydrogens (tertiary/aromatic N) is 2. The number of anilines is 1. The van der Waals surface area contributed by atoms with E-state index in [1.807, 2.05) is 43.3 Å². The van der Waals surface area contributed by atoms with Crippen LogP contribution in [-0.2, 0) is 11.3 Å². The van der Waals surface area contributed by atoms with Crippen LogP contribution in [0.25, 0.3) is 0 Å². The van der Waals surface area contributed by atoms with Crippen molar-refractivity contribution in [2.75, 3.05) is 25.0 Å². The smallest absolute Gasteiger partial charge is 0.410 e. The van der Waals surface area contributed by atoms with Crippen molar-refractivity contribution in [3.8, 4) is 0 Å². The lowest BCUT2D eigenvalue weighted by Crippen LogP contribution is -2.48. The molecule has 2 heterocycles. The van der Waals surface area contributed by atoms with Crippen molar-refractivity contribution >= 4 is 11.8 Å². The highest BCUT2D eigenvalue weighted by atomic mass is 16.6. The number of amides is 1. The SMILES string of the molecule is Cc1ccc(COC(=O)N2CC[C@@H](CNc3ccncc3)[C@@H](O)C2)cc1. The Labute approximate surface area is 153 Å². The summed E-state index contributed by atoms with van der Waals surface area (Å²) in [7, 11) is 0. The molecule has 1 aliphatic rings. The number of pyridine rings is 1. The molecule has 1 aromatic carbocycles. The number of benzene rings is 1. The van der Waals surface area contributed by atoms with E-state index in [0.717, 1.165) is 17.7 Å². The Morgan fingerprint density at radius 3 is 2.69 bits per heavy atom. The highest BCUT2D eigenvalue weighted by molar-refractivity contribution is 5.67. The second-order valence-corrected chi connectivity index (χ2v) is 6.72. The molecule has 0 saturated carbocycles. The topological polar surface area (TPSA) is 74.7 Å². The van der Waals surface area contributed by atoms with Gasteiger partial charge < -0.3 is 20.1 Å². The number of likely N-dealkylation sites (tertiary alicyclic amines) is 1. The lowest BCUT2D eigenvalue weighted by molar-refractivity contribution is 0.0175. The van der Waals surface area contributed by atoms with E-state index in [0.29, 0.717) is 19.6 Å². The molecule has 0 spiro atoms. The van der Waals surface area contributed by atoms with Gasteiger partial charge in [-0.25, -0.2) is 4.79 Å². The first kappa shape index (κ1) is 18.2. The van der Waals surface area contributed by atoms with Gasteiger partial charge in [0.1, 0.15) is 6.61 Å². The largest absolute Gasteiger partial charge is 0.445 e. The van der Waals surface area contributed by atoms with E-state index in [1.54, 1.807) is 17.3 Å². The predicted molar refractivity (Wildman–Crippen MR) is 99.8 cm³/mol. The van der Waals surface area contributed by atoms with Crippen LogP contribution in [0.2, 0.25) is 0 Å². The molecule has 6 nitrogen and oxygen atoms in total. The first-order valence-corrected chi connectivity index (χ1v) is 8.91. The molecule has 1 fully saturated rings. The van der Waals surface area contributed by atoms with Gasteiger partial charge >= 0.3 is 6.09 Å². The van der Waals surface area contributed by atoms with E-state index in [-0.39, 0.29) is 18.6 Å². The number of aliphatic hydroxyl groups excluding tert-OH is 1. The molecular formula is C20H25N3O3. The molecule has 0 bridgehead atoms. The maximum atomic E-state index is 12.2. The summed E-state index contributed by atoms with van der Waals surface area (Å²) < 4.78 is 5.37. The quantitative estimate of drug-likeness (QED) is 0.863. The van der Waals surface area contributed by atoms with Gasteiger partial charge in [0.15, 0.2) is 0 Å². The number of aromatic nitrogens is 1. The summed E-state index contributed by atoms with van der Waals surface area (Å²) in [4.78, 5) is 17.8. The second kappa shape index (κ2) is 8.67. The standard InChI is InChI=1S/C20H25N3O3/c1-15-2-4-16(5-3-15)14-26-20(25)23-11-8-17(19(24)13-23)12-22-18-6-9-21-10-7-18/h2-7,9-10,17,19,24H,8,11-14H2,1H3,(H,21,22)/t17-,19-/m0/s1. The van der Waals surface area contributed by atoms with Gasteiger partial charge in [-0.15, -0.1) is 0 Å². The van der Waals surface area contributed by atoms with E-state index in [1.165, 1.54) is 5.56 Å². The van der Waals surface area contributed by atoms with Crippen molar-refractivity contribution in [1.29, 1.82) is 0 Å². The minimum atomic E-state index is -0.565. The molecule has 0 aliphatic carbocycles. The van der Waals surface area contributed by atoms with Gasteiger partial charge in [-0.2, -0.15) is 0 Å². The number of carbonyl (C=O) groups excluding carboxylic acids is 1. The van der Waals surface area contributed by atoms with Crippen LogP contribution >= 0.6 is 0 Å². The van der Waals surface area contributed by atoms with Gasteiger partial charge in [0.25, 0.3) is 0 Å². The number of piperidine rings is 1. The Hall–Kier alpha value is -2.60. The molecule has 138 valence electrons. The number of hydrogen-bond donors (Lipinski definition) is 2. The highest BCUT2D eigenvalue weighted by Gasteiger charge is 2.30. The zero-order valence-electron chi connectivity index (χ0n) is 15.0. The molecule has 1 aliphatic heterocycles. The van der Waals surface area contributed by atoms with Crippen LogP contribution in [0.1, 0.15) is 17.5 Å². The molecular weight excluding hydrogens is 330 g/mol. The molecule has 3 rings (SSSR count). The van der Waals surface area contributed by atoms with Crippen LogP contribution in [0, 0.1) is 12.8 Å². The van der Waals surface area contributed by atoms with Gasteiger partial charge in [0, 0.05) is 37.1 Å². The Balaban J connectivity index is 1.43. The molecule has 0 radical (unpaired) electrons. The fourth-order valence-corrected chi connectivity index (χ4v) is 3.02. The molecule has 26 heavy (non-hydrogen) atoms. The molecule has 0 unspecified atom stereocenters. The third-order valence-electron chi connectivity index (χ3n) is 4.71. The first-order chi connectivity index (χ1) is 12.6. The summed E-state index contributed by atoms with van der Waals surface area (Å²) in [5.41, 5.74) is 3.11. The number of aryl methyl sites for hydroxylation is 1. The molecule has 6 heteroatoms. The number of nitrogens with one attached hydrogen (secondary N) is 1. The van der Waals surface area contributed by atoms with Gasteiger partial charge in [0.05, 0.1) is 12.6 Å². The monoisotopic (exact) mass is 355 g/mol. The Morgan fingerprint density at radius 2 is 2.00 bits per heavy atom. The van der Waals surface area contributed by atoms with Crippen LogP contribution in [0.4, 0.5) is 10.5 Å².